The van der Waals surface area contributed by atoms with E-state index in [9.17, 15) is 37.0 Å². The first-order valence-corrected chi connectivity index (χ1v) is 12.5. The smallest absolute Gasteiger partial charge is 0.377 e. The van der Waals surface area contributed by atoms with E-state index in [1.807, 2.05) is 0 Å². The van der Waals surface area contributed by atoms with Crippen molar-refractivity contribution in [1.82, 2.24) is 4.31 Å². The van der Waals surface area contributed by atoms with Crippen molar-refractivity contribution in [2.45, 2.75) is 55.2 Å². The molecule has 13 heteroatoms. The maximum absolute atomic E-state index is 13.1. The van der Waals surface area contributed by atoms with Crippen LogP contribution >= 0.6 is 11.6 Å². The molecule has 2 fully saturated rings. The molecule has 8 nitrogen and oxygen atoms in total. The third-order valence-electron chi connectivity index (χ3n) is 6.48. The highest BCUT2D eigenvalue weighted by Gasteiger charge is 2.57. The Morgan fingerprint density at radius 3 is 2.20 bits per heavy atom. The fourth-order valence-corrected chi connectivity index (χ4v) is 6.52. The Balaban J connectivity index is 1.61. The summed E-state index contributed by atoms with van der Waals surface area (Å²) in [7, 11) is -5.46. The van der Waals surface area contributed by atoms with Crippen molar-refractivity contribution in [1.29, 1.82) is 5.26 Å². The number of rotatable bonds is 6. The number of piperidine rings is 1. The van der Waals surface area contributed by atoms with E-state index in [1.165, 1.54) is 18.2 Å². The minimum atomic E-state index is -5.46. The third kappa shape index (κ3) is 4.80. The van der Waals surface area contributed by atoms with Crippen LogP contribution in [0.15, 0.2) is 42.5 Å². The van der Waals surface area contributed by atoms with Gasteiger partial charge in [0.15, 0.2) is 0 Å². The van der Waals surface area contributed by atoms with Crippen LogP contribution in [-0.2, 0) is 10.0 Å². The number of fused-ring (bicyclic) bond motifs is 2. The van der Waals surface area contributed by atoms with Gasteiger partial charge in [-0.2, -0.15) is 22.7 Å². The number of hydrogen-bond acceptors (Lipinski definition) is 6. The van der Waals surface area contributed by atoms with Gasteiger partial charge in [0.1, 0.15) is 5.69 Å². The lowest BCUT2D eigenvalue weighted by atomic mass is 9.91. The summed E-state index contributed by atoms with van der Waals surface area (Å²) < 4.78 is 64.1. The predicted molar refractivity (Wildman–Crippen MR) is 122 cm³/mol. The van der Waals surface area contributed by atoms with Crippen LogP contribution in [0.25, 0.3) is 0 Å². The minimum absolute atomic E-state index is 0.0755. The Morgan fingerprint density at radius 1 is 1.11 bits per heavy atom. The Kier molecular flexibility index (Phi) is 6.70. The first kappa shape index (κ1) is 25.2. The lowest BCUT2D eigenvalue weighted by Crippen LogP contribution is -2.53. The van der Waals surface area contributed by atoms with Crippen molar-refractivity contribution in [3.05, 3.63) is 68.7 Å². The van der Waals surface area contributed by atoms with Gasteiger partial charge in [-0.1, -0.05) is 29.8 Å². The number of alkyl halides is 3. The van der Waals surface area contributed by atoms with Gasteiger partial charge in [0.2, 0.25) is 0 Å². The first-order valence-electron chi connectivity index (χ1n) is 10.7. The van der Waals surface area contributed by atoms with Crippen LogP contribution in [-0.4, -0.2) is 41.3 Å². The summed E-state index contributed by atoms with van der Waals surface area (Å²) >= 11 is 5.92. The number of hydrogen-bond donors (Lipinski definition) is 1. The standard InChI is InChI=1S/C22H20ClF3N4O4S/c23-15-4-1-13(2-5-15)19(12-27)14-3-8-21(30(31)32)20(9-14)28-16-10-17-6-7-18(11-16)29(17)35(33,34)22(24,25)26/h1-5,8-9,16-19,28H,6-7,10-11H2. The number of sulfonamides is 1. The molecule has 2 aliphatic rings. The summed E-state index contributed by atoms with van der Waals surface area (Å²) in [6.45, 7) is 0. The molecule has 0 saturated carbocycles. The average Bonchev–Trinajstić information content (AvgIpc) is 3.06. The molecule has 0 aromatic heterocycles. The molecule has 2 heterocycles. The van der Waals surface area contributed by atoms with E-state index in [0.29, 0.717) is 20.5 Å². The second-order valence-corrected chi connectivity index (χ2v) is 10.9. The van der Waals surface area contributed by atoms with E-state index in [0.717, 1.165) is 0 Å². The monoisotopic (exact) mass is 528 g/mol. The molecule has 35 heavy (non-hydrogen) atoms. The van der Waals surface area contributed by atoms with Crippen molar-refractivity contribution < 1.29 is 26.5 Å². The van der Waals surface area contributed by atoms with Crippen LogP contribution in [0.4, 0.5) is 24.5 Å². The van der Waals surface area contributed by atoms with Crippen LogP contribution in [0.3, 0.4) is 0 Å². The van der Waals surface area contributed by atoms with Crippen LogP contribution in [0, 0.1) is 21.4 Å². The number of anilines is 1. The van der Waals surface area contributed by atoms with Crippen LogP contribution < -0.4 is 5.32 Å². The maximum Gasteiger partial charge on any atom is 0.511 e. The van der Waals surface area contributed by atoms with Crippen LogP contribution in [0.5, 0.6) is 0 Å². The zero-order valence-corrected chi connectivity index (χ0v) is 19.6. The van der Waals surface area contributed by atoms with Gasteiger partial charge in [0.25, 0.3) is 5.69 Å². The molecule has 0 radical (unpaired) electrons. The number of nitro groups is 1. The molecular formula is C22H20ClF3N4O4S. The van der Waals surface area contributed by atoms with Gasteiger partial charge in [0, 0.05) is 29.2 Å². The molecule has 2 bridgehead atoms. The quantitative estimate of drug-likeness (QED) is 0.409. The largest absolute Gasteiger partial charge is 0.511 e. The number of halogens is 4. The van der Waals surface area contributed by atoms with Gasteiger partial charge in [0.05, 0.1) is 16.9 Å². The van der Waals surface area contributed by atoms with Gasteiger partial charge in [-0.05, 0) is 55.0 Å². The van der Waals surface area contributed by atoms with Crippen molar-refractivity contribution in [3.63, 3.8) is 0 Å². The van der Waals surface area contributed by atoms with E-state index >= 15 is 0 Å². The topological polar surface area (TPSA) is 116 Å². The highest BCUT2D eigenvalue weighted by atomic mass is 35.5. The zero-order chi connectivity index (χ0) is 25.5. The van der Waals surface area contributed by atoms with E-state index in [4.69, 9.17) is 11.6 Å². The van der Waals surface area contributed by atoms with E-state index in [2.05, 4.69) is 11.4 Å². The summed E-state index contributed by atoms with van der Waals surface area (Å²) in [5.74, 6) is -0.733. The fourth-order valence-electron chi connectivity index (χ4n) is 4.99. The summed E-state index contributed by atoms with van der Waals surface area (Å²) in [5.41, 5.74) is -4.38. The number of benzene rings is 2. The Morgan fingerprint density at radius 2 is 1.69 bits per heavy atom. The van der Waals surface area contributed by atoms with Crippen molar-refractivity contribution >= 4 is 33.0 Å². The van der Waals surface area contributed by atoms with E-state index in [1.54, 1.807) is 24.3 Å². The van der Waals surface area contributed by atoms with E-state index in [-0.39, 0.29) is 37.1 Å². The second kappa shape index (κ2) is 9.29. The molecule has 2 aliphatic heterocycles. The van der Waals surface area contributed by atoms with Gasteiger partial charge in [-0.15, -0.1) is 0 Å². The molecule has 2 aromatic carbocycles. The highest BCUT2D eigenvalue weighted by molar-refractivity contribution is 7.90. The third-order valence-corrected chi connectivity index (χ3v) is 8.47. The molecule has 2 aromatic rings. The molecule has 0 spiro atoms. The summed E-state index contributed by atoms with van der Waals surface area (Å²) in [6.07, 6.45) is 0.721. The molecular weight excluding hydrogens is 509 g/mol. The summed E-state index contributed by atoms with van der Waals surface area (Å²) in [5, 5.41) is 24.9. The predicted octanol–water partition coefficient (Wildman–Crippen LogP) is 5.16. The number of nitrogens with one attached hydrogen (secondary N) is 1. The zero-order valence-electron chi connectivity index (χ0n) is 18.1. The lowest BCUT2D eigenvalue weighted by Gasteiger charge is -2.38. The van der Waals surface area contributed by atoms with E-state index < -0.39 is 44.5 Å². The molecule has 1 N–H and O–H groups in total. The molecule has 0 aliphatic carbocycles. The Labute approximate surface area is 204 Å². The van der Waals surface area contributed by atoms with Gasteiger partial charge in [-0.3, -0.25) is 10.1 Å². The number of nitrogens with zero attached hydrogens (tertiary/aromatic N) is 3. The normalized spacial score (nSPS) is 23.5. The summed E-state index contributed by atoms with van der Waals surface area (Å²) in [4.78, 5) is 11.0. The van der Waals surface area contributed by atoms with Crippen molar-refractivity contribution in [2.24, 2.45) is 0 Å². The lowest BCUT2D eigenvalue weighted by molar-refractivity contribution is -0.384. The summed E-state index contributed by atoms with van der Waals surface area (Å²) in [6, 6.07) is 10.9. The number of nitriles is 1. The molecule has 2 saturated heterocycles. The molecule has 3 atom stereocenters. The average molecular weight is 529 g/mol. The van der Waals surface area contributed by atoms with Crippen LogP contribution in [0.1, 0.15) is 42.7 Å². The Hall–Kier alpha value is -2.88. The maximum atomic E-state index is 13.1. The molecule has 186 valence electrons. The first-order chi connectivity index (χ1) is 16.4. The highest BCUT2D eigenvalue weighted by Crippen LogP contribution is 2.43. The molecule has 3 unspecified atom stereocenters. The SMILES string of the molecule is N#CC(c1ccc(Cl)cc1)c1ccc([N+](=O)[O-])c(NC2CC3CCC(C2)N3S(=O)(=O)C(F)(F)F)c1. The van der Waals surface area contributed by atoms with Crippen molar-refractivity contribution in [3.8, 4) is 6.07 Å². The molecule has 0 amide bonds. The number of nitro benzene ring substituents is 1. The van der Waals surface area contributed by atoms with Gasteiger partial charge in [-0.25, -0.2) is 8.42 Å². The van der Waals surface area contributed by atoms with Crippen LogP contribution in [0.2, 0.25) is 5.02 Å². The Bertz CT molecular complexity index is 1270. The molecule has 4 rings (SSSR count). The minimum Gasteiger partial charge on any atom is -0.377 e. The van der Waals surface area contributed by atoms with Crippen molar-refractivity contribution in [2.75, 3.05) is 5.32 Å². The second-order valence-electron chi connectivity index (χ2n) is 8.63. The fraction of sp³-hybridized carbons (Fsp3) is 0.409. The van der Waals surface area contributed by atoms with Gasteiger partial charge < -0.3 is 5.32 Å². The van der Waals surface area contributed by atoms with Gasteiger partial charge >= 0.3 is 15.5 Å².